The maximum Gasteiger partial charge on any atom is 0.270 e. The van der Waals surface area contributed by atoms with Gasteiger partial charge in [-0.25, -0.2) is 0 Å². The van der Waals surface area contributed by atoms with E-state index in [2.05, 4.69) is 10.6 Å². The van der Waals surface area contributed by atoms with Crippen molar-refractivity contribution < 1.29 is 19.3 Å². The first kappa shape index (κ1) is 19.4. The number of benzene rings is 2. The fourth-order valence-electron chi connectivity index (χ4n) is 3.26. The lowest BCUT2D eigenvalue weighted by Gasteiger charge is -2.27. The third-order valence-electron chi connectivity index (χ3n) is 4.53. The molecule has 1 heterocycles. The highest BCUT2D eigenvalue weighted by Crippen LogP contribution is 2.33. The molecule has 0 aromatic heterocycles. The van der Waals surface area contributed by atoms with Gasteiger partial charge in [0.2, 0.25) is 5.91 Å². The van der Waals surface area contributed by atoms with Gasteiger partial charge in [0, 0.05) is 49.6 Å². The first-order valence-corrected chi connectivity index (χ1v) is 8.92. The second-order valence-corrected chi connectivity index (χ2v) is 6.50. The number of rotatable bonds is 8. The summed E-state index contributed by atoms with van der Waals surface area (Å²) in [5.74, 6) is -1.01. The maximum absolute atomic E-state index is 12.8. The molecule has 0 saturated carbocycles. The molecule has 28 heavy (non-hydrogen) atoms. The molecule has 2 N–H and O–H groups in total. The van der Waals surface area contributed by atoms with Gasteiger partial charge in [-0.05, 0) is 24.4 Å². The minimum absolute atomic E-state index is 0.103. The number of amides is 3. The SMILES string of the molecule is CC(=O)NCCNCCCN1C(=O)c2cccc3cc([N+](=O)[O-])cc(c23)C1=O. The summed E-state index contributed by atoms with van der Waals surface area (Å²) < 4.78 is 0. The van der Waals surface area contributed by atoms with Gasteiger partial charge >= 0.3 is 0 Å². The maximum atomic E-state index is 12.8. The Morgan fingerprint density at radius 2 is 1.86 bits per heavy atom. The average molecular weight is 384 g/mol. The third kappa shape index (κ3) is 3.84. The molecule has 0 saturated heterocycles. The highest BCUT2D eigenvalue weighted by Gasteiger charge is 2.33. The molecule has 146 valence electrons. The molecular formula is C19H20N4O5. The van der Waals surface area contributed by atoms with Gasteiger partial charge in [0.15, 0.2) is 0 Å². The van der Waals surface area contributed by atoms with E-state index in [0.717, 1.165) is 4.90 Å². The number of hydrogen-bond donors (Lipinski definition) is 2. The number of carbonyl (C=O) groups is 3. The molecule has 1 aliphatic heterocycles. The molecule has 2 aromatic rings. The number of nitrogens with zero attached hydrogens (tertiary/aromatic N) is 2. The molecule has 0 unspecified atom stereocenters. The number of nitro groups is 1. The van der Waals surface area contributed by atoms with E-state index in [-0.39, 0.29) is 23.7 Å². The van der Waals surface area contributed by atoms with Crippen molar-refractivity contribution in [2.24, 2.45) is 0 Å². The van der Waals surface area contributed by atoms with Crippen LogP contribution in [-0.4, -0.2) is 53.7 Å². The van der Waals surface area contributed by atoms with E-state index >= 15 is 0 Å². The topological polar surface area (TPSA) is 122 Å². The normalized spacial score (nSPS) is 13.1. The summed E-state index contributed by atoms with van der Waals surface area (Å²) in [4.78, 5) is 48.2. The largest absolute Gasteiger partial charge is 0.355 e. The van der Waals surface area contributed by atoms with Crippen LogP contribution in [0.2, 0.25) is 0 Å². The second kappa shape index (κ2) is 8.13. The first-order chi connectivity index (χ1) is 13.4. The Morgan fingerprint density at radius 3 is 2.57 bits per heavy atom. The van der Waals surface area contributed by atoms with Crippen molar-refractivity contribution in [1.82, 2.24) is 15.5 Å². The molecule has 9 heteroatoms. The van der Waals surface area contributed by atoms with Gasteiger partial charge in [-0.2, -0.15) is 0 Å². The molecule has 0 spiro atoms. The van der Waals surface area contributed by atoms with Crippen LogP contribution in [0.1, 0.15) is 34.1 Å². The summed E-state index contributed by atoms with van der Waals surface area (Å²) in [6.07, 6.45) is 0.526. The fraction of sp³-hybridized carbons (Fsp3) is 0.316. The number of carbonyl (C=O) groups excluding carboxylic acids is 3. The van der Waals surface area contributed by atoms with E-state index in [1.165, 1.54) is 19.1 Å². The molecular weight excluding hydrogens is 364 g/mol. The summed E-state index contributed by atoms with van der Waals surface area (Å²) in [6.45, 7) is 3.27. The van der Waals surface area contributed by atoms with Gasteiger partial charge in [-0.15, -0.1) is 0 Å². The van der Waals surface area contributed by atoms with Gasteiger partial charge in [-0.1, -0.05) is 12.1 Å². The van der Waals surface area contributed by atoms with E-state index in [9.17, 15) is 24.5 Å². The van der Waals surface area contributed by atoms with E-state index in [1.807, 2.05) is 0 Å². The van der Waals surface area contributed by atoms with E-state index in [4.69, 9.17) is 0 Å². The predicted octanol–water partition coefficient (Wildman–Crippen LogP) is 1.46. The lowest BCUT2D eigenvalue weighted by Crippen LogP contribution is -2.41. The van der Waals surface area contributed by atoms with E-state index in [1.54, 1.807) is 18.2 Å². The van der Waals surface area contributed by atoms with Crippen molar-refractivity contribution >= 4 is 34.2 Å². The minimum Gasteiger partial charge on any atom is -0.355 e. The van der Waals surface area contributed by atoms with Crippen LogP contribution in [0.5, 0.6) is 0 Å². The highest BCUT2D eigenvalue weighted by molar-refractivity contribution is 6.25. The molecule has 2 aromatic carbocycles. The number of nitro benzene ring substituents is 1. The summed E-state index contributed by atoms with van der Waals surface area (Å²) in [7, 11) is 0. The van der Waals surface area contributed by atoms with Crippen LogP contribution in [0, 0.1) is 10.1 Å². The van der Waals surface area contributed by atoms with Crippen LogP contribution in [0.25, 0.3) is 10.8 Å². The lowest BCUT2D eigenvalue weighted by molar-refractivity contribution is -0.384. The molecule has 9 nitrogen and oxygen atoms in total. The monoisotopic (exact) mass is 384 g/mol. The zero-order valence-electron chi connectivity index (χ0n) is 15.4. The molecule has 0 atom stereocenters. The van der Waals surface area contributed by atoms with Crippen molar-refractivity contribution in [3.05, 3.63) is 51.6 Å². The van der Waals surface area contributed by atoms with Crippen molar-refractivity contribution in [3.63, 3.8) is 0 Å². The molecule has 3 amide bonds. The average Bonchev–Trinajstić information content (AvgIpc) is 2.66. The standard InChI is InChI=1S/C19H20N4O5/c1-12(24)21-8-7-20-6-3-9-22-18(25)15-5-2-4-13-10-14(23(27)28)11-16(17(13)15)19(22)26/h2,4-5,10-11,20H,3,6-9H2,1H3,(H,21,24). The Morgan fingerprint density at radius 1 is 1.11 bits per heavy atom. The summed E-state index contributed by atoms with van der Waals surface area (Å²) in [5, 5.41) is 17.9. The van der Waals surface area contributed by atoms with Gasteiger partial charge in [-0.3, -0.25) is 29.4 Å². The number of hydrogen-bond acceptors (Lipinski definition) is 6. The Balaban J connectivity index is 1.73. The minimum atomic E-state index is -0.546. The van der Waals surface area contributed by atoms with Crippen LogP contribution in [0.3, 0.4) is 0 Å². The number of non-ortho nitro benzene ring substituents is 1. The summed E-state index contributed by atoms with van der Waals surface area (Å²) in [5.41, 5.74) is 0.376. The Labute approximate surface area is 160 Å². The number of nitrogens with one attached hydrogen (secondary N) is 2. The predicted molar refractivity (Wildman–Crippen MR) is 102 cm³/mol. The quantitative estimate of drug-likeness (QED) is 0.308. The van der Waals surface area contributed by atoms with Crippen LogP contribution in [0.4, 0.5) is 5.69 Å². The molecule has 0 bridgehead atoms. The zero-order valence-corrected chi connectivity index (χ0v) is 15.4. The molecule has 0 aliphatic carbocycles. The Hall–Kier alpha value is -3.33. The Kier molecular flexibility index (Phi) is 5.65. The second-order valence-electron chi connectivity index (χ2n) is 6.50. The summed E-state index contributed by atoms with van der Waals surface area (Å²) >= 11 is 0. The van der Waals surface area contributed by atoms with Crippen LogP contribution in [-0.2, 0) is 4.79 Å². The third-order valence-corrected chi connectivity index (χ3v) is 4.53. The fourth-order valence-corrected chi connectivity index (χ4v) is 3.26. The van der Waals surface area contributed by atoms with E-state index < -0.39 is 16.7 Å². The molecule has 0 fully saturated rings. The van der Waals surface area contributed by atoms with Crippen LogP contribution < -0.4 is 10.6 Å². The van der Waals surface area contributed by atoms with Gasteiger partial charge in [0.1, 0.15) is 0 Å². The first-order valence-electron chi connectivity index (χ1n) is 8.92. The van der Waals surface area contributed by atoms with Gasteiger partial charge in [0.25, 0.3) is 17.5 Å². The highest BCUT2D eigenvalue weighted by atomic mass is 16.6. The lowest BCUT2D eigenvalue weighted by atomic mass is 9.93. The van der Waals surface area contributed by atoms with Crippen LogP contribution in [0.15, 0.2) is 30.3 Å². The molecule has 1 aliphatic rings. The van der Waals surface area contributed by atoms with Crippen molar-refractivity contribution in [2.75, 3.05) is 26.2 Å². The molecule has 0 radical (unpaired) electrons. The molecule has 3 rings (SSSR count). The van der Waals surface area contributed by atoms with Gasteiger partial charge in [0.05, 0.1) is 10.5 Å². The summed E-state index contributed by atoms with van der Waals surface area (Å²) in [6, 6.07) is 7.55. The van der Waals surface area contributed by atoms with E-state index in [0.29, 0.717) is 42.4 Å². The van der Waals surface area contributed by atoms with Gasteiger partial charge < -0.3 is 10.6 Å². The van der Waals surface area contributed by atoms with Crippen molar-refractivity contribution in [1.29, 1.82) is 0 Å². The number of imide groups is 1. The smallest absolute Gasteiger partial charge is 0.270 e. The van der Waals surface area contributed by atoms with Crippen LogP contribution >= 0.6 is 0 Å². The van der Waals surface area contributed by atoms with Crippen molar-refractivity contribution in [3.8, 4) is 0 Å². The zero-order chi connectivity index (χ0) is 20.3. The van der Waals surface area contributed by atoms with Crippen molar-refractivity contribution in [2.45, 2.75) is 13.3 Å². The Bertz CT molecular complexity index is 972.